The maximum atomic E-state index is 12.1. The summed E-state index contributed by atoms with van der Waals surface area (Å²) in [6.07, 6.45) is 0. The van der Waals surface area contributed by atoms with Crippen molar-refractivity contribution in [2.24, 2.45) is 0 Å². The molecule has 0 saturated heterocycles. The summed E-state index contributed by atoms with van der Waals surface area (Å²) in [6.45, 7) is 0. The van der Waals surface area contributed by atoms with E-state index in [2.05, 4.69) is 5.32 Å². The van der Waals surface area contributed by atoms with Crippen molar-refractivity contribution in [3.8, 4) is 5.75 Å². The van der Waals surface area contributed by atoms with Crippen LogP contribution in [0.2, 0.25) is 10.0 Å². The zero-order valence-electron chi connectivity index (χ0n) is 10.3. The van der Waals surface area contributed by atoms with Crippen LogP contribution in [0.15, 0.2) is 36.4 Å². The Morgan fingerprint density at radius 3 is 2.57 bits per heavy atom. The Morgan fingerprint density at radius 1 is 1.19 bits per heavy atom. The van der Waals surface area contributed by atoms with E-state index in [4.69, 9.17) is 23.2 Å². The van der Waals surface area contributed by atoms with E-state index in [-0.39, 0.29) is 27.7 Å². The van der Waals surface area contributed by atoms with Crippen LogP contribution in [0, 0.1) is 10.1 Å². The summed E-state index contributed by atoms with van der Waals surface area (Å²) in [4.78, 5) is 22.1. The number of anilines is 1. The SMILES string of the molecule is O=C(Nc1cc(Cl)ccc1Cl)c1cc([N+](=O)[O-])ccc1O. The van der Waals surface area contributed by atoms with Crippen LogP contribution in [-0.2, 0) is 0 Å². The molecule has 0 bridgehead atoms. The lowest BCUT2D eigenvalue weighted by Crippen LogP contribution is -2.12. The zero-order chi connectivity index (χ0) is 15.6. The van der Waals surface area contributed by atoms with Gasteiger partial charge in [0.15, 0.2) is 0 Å². The number of rotatable bonds is 3. The molecule has 21 heavy (non-hydrogen) atoms. The smallest absolute Gasteiger partial charge is 0.270 e. The van der Waals surface area contributed by atoms with E-state index in [1.807, 2.05) is 0 Å². The molecule has 0 aliphatic carbocycles. The molecule has 2 N–H and O–H groups in total. The number of carbonyl (C=O) groups excluding carboxylic acids is 1. The number of hydrogen-bond donors (Lipinski definition) is 2. The third kappa shape index (κ3) is 3.42. The van der Waals surface area contributed by atoms with Crippen molar-refractivity contribution < 1.29 is 14.8 Å². The van der Waals surface area contributed by atoms with Crippen LogP contribution in [0.1, 0.15) is 10.4 Å². The van der Waals surface area contributed by atoms with Crippen molar-refractivity contribution in [3.05, 3.63) is 62.1 Å². The van der Waals surface area contributed by atoms with Gasteiger partial charge in [-0.1, -0.05) is 23.2 Å². The van der Waals surface area contributed by atoms with Gasteiger partial charge in [-0.3, -0.25) is 14.9 Å². The Labute approximate surface area is 129 Å². The molecule has 0 aromatic heterocycles. The Balaban J connectivity index is 2.34. The molecule has 0 heterocycles. The molecule has 108 valence electrons. The lowest BCUT2D eigenvalue weighted by molar-refractivity contribution is -0.384. The fourth-order valence-electron chi connectivity index (χ4n) is 1.60. The van der Waals surface area contributed by atoms with Gasteiger partial charge >= 0.3 is 0 Å². The number of nitrogens with zero attached hydrogens (tertiary/aromatic N) is 1. The first-order chi connectivity index (χ1) is 9.88. The monoisotopic (exact) mass is 326 g/mol. The van der Waals surface area contributed by atoms with Gasteiger partial charge in [0, 0.05) is 17.2 Å². The van der Waals surface area contributed by atoms with Crippen molar-refractivity contribution in [1.29, 1.82) is 0 Å². The highest BCUT2D eigenvalue weighted by Gasteiger charge is 2.17. The summed E-state index contributed by atoms with van der Waals surface area (Å²) >= 11 is 11.7. The minimum Gasteiger partial charge on any atom is -0.507 e. The van der Waals surface area contributed by atoms with E-state index in [0.717, 1.165) is 18.2 Å². The number of benzene rings is 2. The number of non-ortho nitro benzene ring substituents is 1. The molecular formula is C13H8Cl2N2O4. The van der Waals surface area contributed by atoms with E-state index in [1.165, 1.54) is 12.1 Å². The highest BCUT2D eigenvalue weighted by Crippen LogP contribution is 2.28. The summed E-state index contributed by atoms with van der Waals surface area (Å²) in [7, 11) is 0. The molecule has 0 aliphatic rings. The van der Waals surface area contributed by atoms with Gasteiger partial charge in [-0.05, 0) is 24.3 Å². The molecule has 0 unspecified atom stereocenters. The van der Waals surface area contributed by atoms with Crippen LogP contribution in [0.3, 0.4) is 0 Å². The quantitative estimate of drug-likeness (QED) is 0.661. The van der Waals surface area contributed by atoms with Crippen molar-refractivity contribution in [1.82, 2.24) is 0 Å². The maximum absolute atomic E-state index is 12.1. The largest absolute Gasteiger partial charge is 0.507 e. The number of halogens is 2. The molecule has 0 radical (unpaired) electrons. The molecule has 0 saturated carbocycles. The zero-order valence-corrected chi connectivity index (χ0v) is 11.9. The second-order valence-corrected chi connectivity index (χ2v) is 4.88. The second-order valence-electron chi connectivity index (χ2n) is 4.04. The van der Waals surface area contributed by atoms with Gasteiger partial charge < -0.3 is 10.4 Å². The van der Waals surface area contributed by atoms with E-state index in [9.17, 15) is 20.0 Å². The number of phenols is 1. The maximum Gasteiger partial charge on any atom is 0.270 e. The minimum absolute atomic E-state index is 0.236. The lowest BCUT2D eigenvalue weighted by Gasteiger charge is -2.08. The van der Waals surface area contributed by atoms with Crippen LogP contribution < -0.4 is 5.32 Å². The Kier molecular flexibility index (Phi) is 4.30. The molecule has 0 fully saturated rings. The van der Waals surface area contributed by atoms with E-state index >= 15 is 0 Å². The van der Waals surface area contributed by atoms with Crippen LogP contribution in [0.25, 0.3) is 0 Å². The summed E-state index contributed by atoms with van der Waals surface area (Å²) in [5.74, 6) is -1.11. The fourth-order valence-corrected chi connectivity index (χ4v) is 1.94. The molecule has 2 aromatic carbocycles. The third-order valence-electron chi connectivity index (χ3n) is 2.61. The highest BCUT2D eigenvalue weighted by atomic mass is 35.5. The van der Waals surface area contributed by atoms with Crippen molar-refractivity contribution in [3.63, 3.8) is 0 Å². The number of amides is 1. The van der Waals surface area contributed by atoms with Gasteiger partial charge in [-0.25, -0.2) is 0 Å². The molecule has 8 heteroatoms. The van der Waals surface area contributed by atoms with Crippen molar-refractivity contribution in [2.45, 2.75) is 0 Å². The molecular weight excluding hydrogens is 319 g/mol. The van der Waals surface area contributed by atoms with Crippen molar-refractivity contribution >= 4 is 40.5 Å². The number of nitro benzene ring substituents is 1. The number of nitro groups is 1. The molecule has 0 atom stereocenters. The van der Waals surface area contributed by atoms with Crippen LogP contribution in [-0.4, -0.2) is 15.9 Å². The van der Waals surface area contributed by atoms with Gasteiger partial charge in [-0.15, -0.1) is 0 Å². The highest BCUT2D eigenvalue weighted by molar-refractivity contribution is 6.35. The van der Waals surface area contributed by atoms with Gasteiger partial charge in [0.1, 0.15) is 5.75 Å². The first-order valence-corrected chi connectivity index (χ1v) is 6.38. The average Bonchev–Trinajstić information content (AvgIpc) is 2.43. The molecule has 1 amide bonds. The summed E-state index contributed by atoms with van der Waals surface area (Å²) in [6, 6.07) is 7.61. The van der Waals surface area contributed by atoms with Crippen LogP contribution in [0.4, 0.5) is 11.4 Å². The Morgan fingerprint density at radius 2 is 1.90 bits per heavy atom. The fraction of sp³-hybridized carbons (Fsp3) is 0. The number of aromatic hydroxyl groups is 1. The molecule has 2 rings (SSSR count). The van der Waals surface area contributed by atoms with E-state index in [0.29, 0.717) is 5.02 Å². The number of nitrogens with one attached hydrogen (secondary N) is 1. The molecule has 0 aliphatic heterocycles. The van der Waals surface area contributed by atoms with E-state index in [1.54, 1.807) is 6.07 Å². The summed E-state index contributed by atoms with van der Waals surface area (Å²) in [5.41, 5.74) is -0.310. The minimum atomic E-state index is -0.736. The molecule has 2 aromatic rings. The Bertz CT molecular complexity index is 734. The predicted molar refractivity (Wildman–Crippen MR) is 79.2 cm³/mol. The van der Waals surface area contributed by atoms with Gasteiger partial charge in [0.05, 0.1) is 21.2 Å². The normalized spacial score (nSPS) is 10.2. The van der Waals surface area contributed by atoms with Crippen LogP contribution >= 0.6 is 23.2 Å². The molecule has 6 nitrogen and oxygen atoms in total. The third-order valence-corrected chi connectivity index (χ3v) is 3.18. The predicted octanol–water partition coefficient (Wildman–Crippen LogP) is 3.86. The van der Waals surface area contributed by atoms with Crippen molar-refractivity contribution in [2.75, 3.05) is 5.32 Å². The second kappa shape index (κ2) is 5.99. The van der Waals surface area contributed by atoms with Gasteiger partial charge in [0.2, 0.25) is 0 Å². The van der Waals surface area contributed by atoms with Gasteiger partial charge in [-0.2, -0.15) is 0 Å². The molecule has 0 spiro atoms. The lowest BCUT2D eigenvalue weighted by atomic mass is 10.1. The number of phenolic OH excluding ortho intramolecular Hbond substituents is 1. The average molecular weight is 327 g/mol. The number of carbonyl (C=O) groups is 1. The summed E-state index contributed by atoms with van der Waals surface area (Å²) < 4.78 is 0. The first-order valence-electron chi connectivity index (χ1n) is 5.62. The Hall–Kier alpha value is -2.31. The van der Waals surface area contributed by atoms with Crippen LogP contribution in [0.5, 0.6) is 5.75 Å². The summed E-state index contributed by atoms with van der Waals surface area (Å²) in [5, 5.41) is 23.4. The van der Waals surface area contributed by atoms with E-state index < -0.39 is 10.8 Å². The van der Waals surface area contributed by atoms with Gasteiger partial charge in [0.25, 0.3) is 11.6 Å². The topological polar surface area (TPSA) is 92.5 Å². The number of hydrogen-bond acceptors (Lipinski definition) is 4. The standard InChI is InChI=1S/C13H8Cl2N2O4/c14-7-1-3-10(15)11(5-7)16-13(19)9-6-8(17(20)21)2-4-12(9)18/h1-6,18H,(H,16,19). The first kappa shape index (κ1) is 15.1.